The highest BCUT2D eigenvalue weighted by atomic mass is 19.1. The molecular formula is C36H38FN7O4. The fourth-order valence-electron chi connectivity index (χ4n) is 5.44. The number of benzene rings is 3. The Labute approximate surface area is 278 Å². The van der Waals surface area contributed by atoms with E-state index in [1.165, 1.54) is 18.5 Å². The molecule has 1 saturated heterocycles. The molecule has 48 heavy (non-hydrogen) atoms. The van der Waals surface area contributed by atoms with Crippen molar-refractivity contribution in [3.05, 3.63) is 102 Å². The van der Waals surface area contributed by atoms with Crippen LogP contribution in [-0.4, -0.2) is 77.2 Å². The van der Waals surface area contributed by atoms with Gasteiger partial charge in [0.05, 0.1) is 18.4 Å². The average Bonchev–Trinajstić information content (AvgIpc) is 3.62. The van der Waals surface area contributed by atoms with E-state index >= 15 is 4.39 Å². The van der Waals surface area contributed by atoms with E-state index in [9.17, 15) is 4.79 Å². The summed E-state index contributed by atoms with van der Waals surface area (Å²) < 4.78 is 32.4. The molecule has 11 nitrogen and oxygen atoms in total. The summed E-state index contributed by atoms with van der Waals surface area (Å²) in [6, 6.07) is 19.2. The Morgan fingerprint density at radius 3 is 2.52 bits per heavy atom. The van der Waals surface area contributed by atoms with Crippen molar-refractivity contribution in [1.29, 1.82) is 0 Å². The van der Waals surface area contributed by atoms with E-state index in [4.69, 9.17) is 14.0 Å². The van der Waals surface area contributed by atoms with Crippen LogP contribution >= 0.6 is 0 Å². The number of nitrogens with one attached hydrogen (secondary N) is 2. The highest BCUT2D eigenvalue weighted by molar-refractivity contribution is 6.06. The molecule has 0 unspecified atom stereocenters. The van der Waals surface area contributed by atoms with E-state index in [0.717, 1.165) is 50.3 Å². The standard InChI is InChI=1S/C36H38FN7O4/c1-24-8-6-9-25(2)33(24)41-34(45)28-23-38-36(42-35(28)47-30-11-5-4-10-27(30)31-14-15-39-48-31)40-26-12-13-32(29(37)22-26)46-21-7-16-44-19-17-43(3)18-20-44/h4-6,8-15,22-23H,7,16-21H2,1-3H3,(H,41,45)(H,38,40,42). The molecule has 0 atom stereocenters. The Hall–Kier alpha value is -5.33. The number of likely N-dealkylation sites (N-methyl/N-ethyl adjacent to an activating group) is 1. The molecule has 1 aliphatic rings. The molecule has 1 aliphatic heterocycles. The normalized spacial score (nSPS) is 13.7. The van der Waals surface area contributed by atoms with E-state index in [-0.39, 0.29) is 23.1 Å². The van der Waals surface area contributed by atoms with Gasteiger partial charge in [-0.2, -0.15) is 4.98 Å². The summed E-state index contributed by atoms with van der Waals surface area (Å²) in [5, 5.41) is 9.79. The minimum Gasteiger partial charge on any atom is -0.490 e. The van der Waals surface area contributed by atoms with Crippen LogP contribution in [0.3, 0.4) is 0 Å². The summed E-state index contributed by atoms with van der Waals surface area (Å²) in [7, 11) is 2.13. The molecule has 0 bridgehead atoms. The van der Waals surface area contributed by atoms with Gasteiger partial charge < -0.3 is 34.4 Å². The molecule has 0 aliphatic carbocycles. The minimum absolute atomic E-state index is 0.0102. The lowest BCUT2D eigenvalue weighted by atomic mass is 10.1. The molecule has 1 amide bonds. The summed E-state index contributed by atoms with van der Waals surface area (Å²) in [6.07, 6.45) is 3.72. The first-order chi connectivity index (χ1) is 23.3. The molecule has 12 heteroatoms. The molecule has 0 saturated carbocycles. The minimum atomic E-state index is -0.512. The van der Waals surface area contributed by atoms with E-state index < -0.39 is 11.7 Å². The van der Waals surface area contributed by atoms with Crippen molar-refractivity contribution in [2.45, 2.75) is 20.3 Å². The zero-order valence-corrected chi connectivity index (χ0v) is 27.2. The number of hydrogen-bond acceptors (Lipinski definition) is 10. The number of aryl methyl sites for hydroxylation is 2. The van der Waals surface area contributed by atoms with Crippen LogP contribution in [0.1, 0.15) is 27.9 Å². The molecule has 3 aromatic carbocycles. The number of carbonyl (C=O) groups is 1. The smallest absolute Gasteiger partial charge is 0.262 e. The van der Waals surface area contributed by atoms with Gasteiger partial charge >= 0.3 is 0 Å². The maximum Gasteiger partial charge on any atom is 0.262 e. The van der Waals surface area contributed by atoms with Gasteiger partial charge in [0.1, 0.15) is 11.3 Å². The van der Waals surface area contributed by atoms with Crippen LogP contribution in [0.15, 0.2) is 83.6 Å². The molecule has 248 valence electrons. The van der Waals surface area contributed by atoms with Crippen molar-refractivity contribution in [1.82, 2.24) is 24.9 Å². The number of anilines is 3. The van der Waals surface area contributed by atoms with Crippen molar-refractivity contribution >= 4 is 23.2 Å². The predicted molar refractivity (Wildman–Crippen MR) is 182 cm³/mol. The maximum absolute atomic E-state index is 15.1. The van der Waals surface area contributed by atoms with Crippen molar-refractivity contribution in [3.8, 4) is 28.7 Å². The molecule has 2 aromatic heterocycles. The van der Waals surface area contributed by atoms with E-state index in [1.54, 1.807) is 30.3 Å². The monoisotopic (exact) mass is 651 g/mol. The highest BCUT2D eigenvalue weighted by Gasteiger charge is 2.21. The Kier molecular flexibility index (Phi) is 10.2. The Bertz CT molecular complexity index is 1840. The van der Waals surface area contributed by atoms with Gasteiger partial charge in [-0.15, -0.1) is 0 Å². The van der Waals surface area contributed by atoms with Crippen LogP contribution in [0.5, 0.6) is 17.4 Å². The second-order valence-electron chi connectivity index (χ2n) is 11.7. The Morgan fingerprint density at radius 1 is 0.979 bits per heavy atom. The van der Waals surface area contributed by atoms with Crippen LogP contribution in [-0.2, 0) is 0 Å². The zero-order valence-electron chi connectivity index (χ0n) is 27.2. The van der Waals surface area contributed by atoms with Gasteiger partial charge in [0.15, 0.2) is 17.3 Å². The van der Waals surface area contributed by atoms with E-state index in [0.29, 0.717) is 35.1 Å². The van der Waals surface area contributed by atoms with Crippen molar-refractivity contribution in [2.75, 3.05) is 57.0 Å². The van der Waals surface area contributed by atoms with Crippen LogP contribution < -0.4 is 20.1 Å². The molecule has 6 rings (SSSR count). The second-order valence-corrected chi connectivity index (χ2v) is 11.7. The fraction of sp³-hybridized carbons (Fsp3) is 0.278. The van der Waals surface area contributed by atoms with Crippen LogP contribution in [0.25, 0.3) is 11.3 Å². The third-order valence-electron chi connectivity index (χ3n) is 8.18. The summed E-state index contributed by atoms with van der Waals surface area (Å²) in [5.74, 6) is 0.172. The largest absolute Gasteiger partial charge is 0.490 e. The second kappa shape index (κ2) is 15.1. The molecule has 3 heterocycles. The fourth-order valence-corrected chi connectivity index (χ4v) is 5.44. The summed E-state index contributed by atoms with van der Waals surface area (Å²) in [6.45, 7) is 9.35. The lowest BCUT2D eigenvalue weighted by Crippen LogP contribution is -2.44. The predicted octanol–water partition coefficient (Wildman–Crippen LogP) is 6.69. The zero-order chi connectivity index (χ0) is 33.5. The van der Waals surface area contributed by atoms with Gasteiger partial charge in [0, 0.05) is 62.4 Å². The lowest BCUT2D eigenvalue weighted by molar-refractivity contribution is 0.102. The number of amides is 1. The van der Waals surface area contributed by atoms with Gasteiger partial charge in [-0.1, -0.05) is 35.5 Å². The van der Waals surface area contributed by atoms with Gasteiger partial charge in [0.25, 0.3) is 5.91 Å². The first-order valence-electron chi connectivity index (χ1n) is 15.9. The average molecular weight is 652 g/mol. The van der Waals surface area contributed by atoms with Crippen molar-refractivity contribution in [2.24, 2.45) is 0 Å². The first kappa shape index (κ1) is 32.6. The molecule has 1 fully saturated rings. The van der Waals surface area contributed by atoms with E-state index in [2.05, 4.69) is 42.6 Å². The number of piperazine rings is 1. The third kappa shape index (κ3) is 7.96. The van der Waals surface area contributed by atoms with Crippen molar-refractivity contribution < 1.29 is 23.2 Å². The third-order valence-corrected chi connectivity index (χ3v) is 8.18. The Morgan fingerprint density at radius 2 is 1.77 bits per heavy atom. The van der Waals surface area contributed by atoms with Crippen LogP contribution in [0, 0.1) is 19.7 Å². The van der Waals surface area contributed by atoms with Gasteiger partial charge in [-0.25, -0.2) is 9.37 Å². The summed E-state index contributed by atoms with van der Waals surface area (Å²) >= 11 is 0. The number of hydrogen-bond donors (Lipinski definition) is 2. The highest BCUT2D eigenvalue weighted by Crippen LogP contribution is 2.35. The number of ether oxygens (including phenoxy) is 2. The number of aromatic nitrogens is 3. The molecule has 2 N–H and O–H groups in total. The summed E-state index contributed by atoms with van der Waals surface area (Å²) in [4.78, 5) is 27.2. The Balaban J connectivity index is 1.20. The van der Waals surface area contributed by atoms with Gasteiger partial charge in [-0.3, -0.25) is 4.79 Å². The molecular weight excluding hydrogens is 613 g/mol. The van der Waals surface area contributed by atoms with E-state index in [1.807, 2.05) is 44.2 Å². The van der Waals surface area contributed by atoms with Gasteiger partial charge in [0.2, 0.25) is 11.8 Å². The van der Waals surface area contributed by atoms with Gasteiger partial charge in [-0.05, 0) is 62.7 Å². The van der Waals surface area contributed by atoms with Crippen LogP contribution in [0.2, 0.25) is 0 Å². The quantitative estimate of drug-likeness (QED) is 0.141. The topological polar surface area (TPSA) is 118 Å². The summed E-state index contributed by atoms with van der Waals surface area (Å²) in [5.41, 5.74) is 3.62. The molecule has 5 aromatic rings. The number of rotatable bonds is 12. The maximum atomic E-state index is 15.1. The number of para-hydroxylation sites is 2. The molecule has 0 radical (unpaired) electrons. The molecule has 0 spiro atoms. The lowest BCUT2D eigenvalue weighted by Gasteiger charge is -2.32. The number of halogens is 1. The van der Waals surface area contributed by atoms with Crippen LogP contribution in [0.4, 0.5) is 21.7 Å². The SMILES string of the molecule is Cc1cccc(C)c1NC(=O)c1cnc(Nc2ccc(OCCCN3CCN(C)CC3)c(F)c2)nc1Oc1ccccc1-c1ccno1. The number of carbonyl (C=O) groups excluding carboxylic acids is 1. The first-order valence-corrected chi connectivity index (χ1v) is 15.9. The van der Waals surface area contributed by atoms with Crippen molar-refractivity contribution in [3.63, 3.8) is 0 Å². The number of nitrogens with zero attached hydrogens (tertiary/aromatic N) is 5.